The van der Waals surface area contributed by atoms with Crippen LogP contribution >= 0.6 is 0 Å². The van der Waals surface area contributed by atoms with Crippen LogP contribution in [-0.2, 0) is 20.9 Å². The van der Waals surface area contributed by atoms with Gasteiger partial charge in [-0.25, -0.2) is 9.59 Å². The molecule has 0 aromatic carbocycles. The summed E-state index contributed by atoms with van der Waals surface area (Å²) in [6.07, 6.45) is 1.25. The van der Waals surface area contributed by atoms with E-state index in [-0.39, 0.29) is 5.57 Å². The Labute approximate surface area is 165 Å². The molecule has 0 bridgehead atoms. The summed E-state index contributed by atoms with van der Waals surface area (Å²) in [6, 6.07) is 3.01. The van der Waals surface area contributed by atoms with Crippen molar-refractivity contribution in [1.82, 2.24) is 15.2 Å². The maximum absolute atomic E-state index is 12.3. The Bertz CT molecular complexity index is 815. The van der Waals surface area contributed by atoms with Crippen LogP contribution in [0.4, 0.5) is 4.79 Å². The molecular weight excluding hydrogens is 360 g/mol. The number of hydrogen-bond donors (Lipinski definition) is 2. The van der Waals surface area contributed by atoms with Crippen LogP contribution in [0.5, 0.6) is 0 Å². The van der Waals surface area contributed by atoms with E-state index in [9.17, 15) is 19.6 Å². The van der Waals surface area contributed by atoms with Crippen LogP contribution in [0.15, 0.2) is 11.6 Å². The Morgan fingerprint density at radius 2 is 1.93 bits per heavy atom. The second-order valence-electron chi connectivity index (χ2n) is 6.95. The molecule has 0 aliphatic rings. The van der Waals surface area contributed by atoms with Crippen molar-refractivity contribution >= 4 is 24.0 Å². The predicted molar refractivity (Wildman–Crippen MR) is 105 cm³/mol. The normalized spacial score (nSPS) is 12.3. The number of carbonyl (C=O) groups is 3. The molecule has 1 rings (SSSR count). The zero-order valence-corrected chi connectivity index (χ0v) is 17.3. The quantitative estimate of drug-likeness (QED) is 0.423. The van der Waals surface area contributed by atoms with Gasteiger partial charge in [0.15, 0.2) is 6.10 Å². The third-order valence-corrected chi connectivity index (χ3v) is 4.30. The summed E-state index contributed by atoms with van der Waals surface area (Å²) in [7, 11) is 1.35. The Morgan fingerprint density at radius 1 is 1.29 bits per heavy atom. The summed E-state index contributed by atoms with van der Waals surface area (Å²) < 4.78 is 7.15. The molecule has 1 aromatic heterocycles. The van der Waals surface area contributed by atoms with Crippen molar-refractivity contribution in [1.29, 1.82) is 5.26 Å². The average Bonchev–Trinajstić information content (AvgIpc) is 2.90. The minimum Gasteiger partial charge on any atom is -0.448 e. The van der Waals surface area contributed by atoms with Crippen LogP contribution in [0, 0.1) is 31.1 Å². The highest BCUT2D eigenvalue weighted by Gasteiger charge is 2.22. The fourth-order valence-electron chi connectivity index (χ4n) is 2.55. The zero-order chi connectivity index (χ0) is 21.4. The van der Waals surface area contributed by atoms with Gasteiger partial charge >= 0.3 is 12.0 Å². The summed E-state index contributed by atoms with van der Waals surface area (Å²) in [5.41, 5.74) is 2.51. The summed E-state index contributed by atoms with van der Waals surface area (Å²) in [5, 5.41) is 13.6. The van der Waals surface area contributed by atoms with Crippen molar-refractivity contribution in [3.63, 3.8) is 0 Å². The van der Waals surface area contributed by atoms with Gasteiger partial charge in [-0.1, -0.05) is 13.8 Å². The molecule has 0 spiro atoms. The van der Waals surface area contributed by atoms with Crippen molar-refractivity contribution in [3.05, 3.63) is 28.6 Å². The number of nitrogens with one attached hydrogen (secondary N) is 2. The van der Waals surface area contributed by atoms with Crippen LogP contribution in [0.25, 0.3) is 6.08 Å². The van der Waals surface area contributed by atoms with E-state index in [1.54, 1.807) is 0 Å². The van der Waals surface area contributed by atoms with E-state index in [0.717, 1.165) is 29.9 Å². The van der Waals surface area contributed by atoms with Gasteiger partial charge in [-0.3, -0.25) is 10.1 Å². The molecule has 0 radical (unpaired) electrons. The molecule has 8 heteroatoms. The molecule has 152 valence electrons. The minimum absolute atomic E-state index is 0.219. The van der Waals surface area contributed by atoms with Crippen molar-refractivity contribution < 1.29 is 19.1 Å². The van der Waals surface area contributed by atoms with Crippen LogP contribution < -0.4 is 10.6 Å². The van der Waals surface area contributed by atoms with Crippen LogP contribution in [-0.4, -0.2) is 35.6 Å². The summed E-state index contributed by atoms with van der Waals surface area (Å²) in [5.74, 6) is -1.14. The van der Waals surface area contributed by atoms with E-state index < -0.39 is 24.0 Å². The predicted octanol–water partition coefficient (Wildman–Crippen LogP) is 2.45. The van der Waals surface area contributed by atoms with Crippen molar-refractivity contribution in [2.45, 2.75) is 53.7 Å². The number of imide groups is 1. The number of urea groups is 1. The molecule has 8 nitrogen and oxygen atoms in total. The number of hydrogen-bond acceptors (Lipinski definition) is 5. The van der Waals surface area contributed by atoms with Gasteiger partial charge in [-0.05, 0) is 50.8 Å². The standard InChI is InChI=1S/C20H28N4O4/c1-12(2)7-8-24-13(3)9-16(14(24)4)10-17(11-21)19(26)28-15(5)18(25)23-20(27)22-6/h9-10,12,15H,7-8H2,1-6H3,(H2,22,23,25,27)/b17-10+/t15-/m0/s1. The highest BCUT2D eigenvalue weighted by Crippen LogP contribution is 2.20. The van der Waals surface area contributed by atoms with Gasteiger partial charge < -0.3 is 14.6 Å². The first-order chi connectivity index (χ1) is 13.1. The fraction of sp³-hybridized carbons (Fsp3) is 0.500. The Hall–Kier alpha value is -3.08. The lowest BCUT2D eigenvalue weighted by Gasteiger charge is -2.12. The second-order valence-corrected chi connectivity index (χ2v) is 6.95. The molecular formula is C20H28N4O4. The van der Waals surface area contributed by atoms with Crippen molar-refractivity contribution in [2.75, 3.05) is 7.05 Å². The van der Waals surface area contributed by atoms with E-state index in [1.165, 1.54) is 20.0 Å². The third-order valence-electron chi connectivity index (χ3n) is 4.30. The minimum atomic E-state index is -1.22. The number of esters is 1. The smallest absolute Gasteiger partial charge is 0.349 e. The number of amides is 3. The number of rotatable bonds is 7. The number of aryl methyl sites for hydroxylation is 1. The van der Waals surface area contributed by atoms with Crippen molar-refractivity contribution in [2.24, 2.45) is 5.92 Å². The highest BCUT2D eigenvalue weighted by atomic mass is 16.5. The first-order valence-corrected chi connectivity index (χ1v) is 9.12. The van der Waals surface area contributed by atoms with Gasteiger partial charge in [0.05, 0.1) is 0 Å². The second kappa shape index (κ2) is 10.3. The lowest BCUT2D eigenvalue weighted by Crippen LogP contribution is -2.43. The maximum Gasteiger partial charge on any atom is 0.349 e. The molecule has 0 aliphatic carbocycles. The SMILES string of the molecule is CNC(=O)NC(=O)[C@H](C)OC(=O)/C(C#N)=C/c1cc(C)n(CCC(C)C)c1C. The van der Waals surface area contributed by atoms with E-state index in [4.69, 9.17) is 4.74 Å². The Morgan fingerprint density at radius 3 is 2.46 bits per heavy atom. The molecule has 3 amide bonds. The molecule has 0 aliphatic heterocycles. The molecule has 1 aromatic rings. The topological polar surface area (TPSA) is 113 Å². The lowest BCUT2D eigenvalue weighted by molar-refractivity contribution is -0.150. The van der Waals surface area contributed by atoms with E-state index in [1.807, 2.05) is 31.3 Å². The molecule has 28 heavy (non-hydrogen) atoms. The number of nitriles is 1. The Balaban J connectivity index is 2.95. The van der Waals surface area contributed by atoms with E-state index >= 15 is 0 Å². The molecule has 0 saturated heterocycles. The maximum atomic E-state index is 12.3. The number of aromatic nitrogens is 1. The van der Waals surface area contributed by atoms with Crippen LogP contribution in [0.2, 0.25) is 0 Å². The van der Waals surface area contributed by atoms with E-state index in [2.05, 4.69) is 23.7 Å². The number of nitrogens with zero attached hydrogens (tertiary/aromatic N) is 2. The molecule has 0 fully saturated rings. The van der Waals surface area contributed by atoms with Gasteiger partial charge in [-0.2, -0.15) is 5.26 Å². The highest BCUT2D eigenvalue weighted by molar-refractivity contribution is 6.01. The lowest BCUT2D eigenvalue weighted by atomic mass is 10.1. The van der Waals surface area contributed by atoms with Crippen molar-refractivity contribution in [3.8, 4) is 6.07 Å². The zero-order valence-electron chi connectivity index (χ0n) is 17.3. The molecule has 2 N–H and O–H groups in total. The van der Waals surface area contributed by atoms with E-state index in [0.29, 0.717) is 5.92 Å². The monoisotopic (exact) mass is 388 g/mol. The largest absolute Gasteiger partial charge is 0.448 e. The third kappa shape index (κ3) is 6.27. The van der Waals surface area contributed by atoms with Gasteiger partial charge in [0.1, 0.15) is 11.6 Å². The van der Waals surface area contributed by atoms with Crippen LogP contribution in [0.3, 0.4) is 0 Å². The molecule has 1 heterocycles. The molecule has 0 saturated carbocycles. The summed E-state index contributed by atoms with van der Waals surface area (Å²) in [6.45, 7) is 10.4. The molecule has 1 atom stereocenters. The van der Waals surface area contributed by atoms with Gasteiger partial charge in [0.2, 0.25) is 0 Å². The first-order valence-electron chi connectivity index (χ1n) is 9.12. The number of carbonyl (C=O) groups excluding carboxylic acids is 3. The fourth-order valence-corrected chi connectivity index (χ4v) is 2.55. The Kier molecular flexibility index (Phi) is 8.45. The average molecular weight is 388 g/mol. The van der Waals surface area contributed by atoms with Gasteiger partial charge in [0, 0.05) is 25.0 Å². The number of ether oxygens (including phenoxy) is 1. The van der Waals surface area contributed by atoms with Crippen LogP contribution in [0.1, 0.15) is 44.1 Å². The first kappa shape index (κ1) is 23.0. The molecule has 0 unspecified atom stereocenters. The summed E-state index contributed by atoms with van der Waals surface area (Å²) >= 11 is 0. The summed E-state index contributed by atoms with van der Waals surface area (Å²) in [4.78, 5) is 35.2. The van der Waals surface area contributed by atoms with Gasteiger partial charge in [0.25, 0.3) is 5.91 Å². The van der Waals surface area contributed by atoms with Gasteiger partial charge in [-0.15, -0.1) is 0 Å².